The van der Waals surface area contributed by atoms with Crippen molar-refractivity contribution in [1.29, 1.82) is 0 Å². The number of aryl methyl sites for hydroxylation is 1. The zero-order valence-corrected chi connectivity index (χ0v) is 19.9. The normalized spacial score (nSPS) is 20.2. The Kier molecular flexibility index (Phi) is 7.72. The quantitative estimate of drug-likeness (QED) is 0.526. The van der Waals surface area contributed by atoms with Gasteiger partial charge in [-0.25, -0.2) is 0 Å². The van der Waals surface area contributed by atoms with Gasteiger partial charge in [-0.1, -0.05) is 84.9 Å². The molecule has 0 radical (unpaired) electrons. The highest BCUT2D eigenvalue weighted by Gasteiger charge is 2.27. The molecule has 0 aromatic heterocycles. The summed E-state index contributed by atoms with van der Waals surface area (Å²) in [5.74, 6) is 0. The maximum Gasteiger partial charge on any atom is 0.0900 e. The number of nitrogens with zero attached hydrogens (tertiary/aromatic N) is 2. The Morgan fingerprint density at radius 2 is 1.41 bits per heavy atom. The van der Waals surface area contributed by atoms with Crippen LogP contribution in [0.25, 0.3) is 0 Å². The molecule has 3 aromatic rings. The van der Waals surface area contributed by atoms with Crippen LogP contribution in [0, 0.1) is 0 Å². The summed E-state index contributed by atoms with van der Waals surface area (Å²) in [6.45, 7) is 4.95. The summed E-state index contributed by atoms with van der Waals surface area (Å²) in [5, 5.41) is 10.7. The fraction of sp³-hybridized carbons (Fsp3) is 0.400. The summed E-state index contributed by atoms with van der Waals surface area (Å²) in [6.07, 6.45) is 3.00. The minimum Gasteiger partial charge on any atom is -0.389 e. The lowest BCUT2D eigenvalue weighted by molar-refractivity contribution is -0.0331. The van der Waals surface area contributed by atoms with Gasteiger partial charge in [-0.15, -0.1) is 0 Å². The fourth-order valence-electron chi connectivity index (χ4n) is 5.55. The average Bonchev–Trinajstić information content (AvgIpc) is 2.90. The molecule has 1 heterocycles. The van der Waals surface area contributed by atoms with Crippen LogP contribution in [0.15, 0.2) is 84.9 Å². The van der Waals surface area contributed by atoms with E-state index in [0.717, 1.165) is 45.4 Å². The number of ether oxygens (including phenoxy) is 1. The van der Waals surface area contributed by atoms with Crippen molar-refractivity contribution in [2.75, 3.05) is 39.3 Å². The van der Waals surface area contributed by atoms with Gasteiger partial charge in [-0.3, -0.25) is 9.80 Å². The minimum absolute atomic E-state index is 0.119. The first kappa shape index (κ1) is 23.3. The van der Waals surface area contributed by atoms with E-state index in [-0.39, 0.29) is 12.1 Å². The van der Waals surface area contributed by atoms with E-state index in [4.69, 9.17) is 4.74 Å². The molecule has 2 aliphatic rings. The third-order valence-electron chi connectivity index (χ3n) is 7.28. The van der Waals surface area contributed by atoms with Gasteiger partial charge in [0.25, 0.3) is 0 Å². The SMILES string of the molecule is O[C@@H](CO[C@H]1CCCc2ccccc21)CN1CCN(C(c2ccccc2)c2ccccc2)CC1. The molecule has 0 saturated carbocycles. The monoisotopic (exact) mass is 456 g/mol. The van der Waals surface area contributed by atoms with Crippen molar-refractivity contribution in [2.45, 2.75) is 37.5 Å². The van der Waals surface area contributed by atoms with E-state index in [1.807, 2.05) is 0 Å². The van der Waals surface area contributed by atoms with E-state index in [2.05, 4.69) is 94.7 Å². The van der Waals surface area contributed by atoms with Gasteiger partial charge < -0.3 is 9.84 Å². The molecule has 4 nitrogen and oxygen atoms in total. The predicted octanol–water partition coefficient (Wildman–Crippen LogP) is 4.85. The second-order valence-corrected chi connectivity index (χ2v) is 9.63. The highest BCUT2D eigenvalue weighted by Crippen LogP contribution is 2.32. The van der Waals surface area contributed by atoms with Crippen molar-refractivity contribution in [1.82, 2.24) is 9.80 Å². The standard InChI is InChI=1S/C30H36N2O2/c33-27(23-34-29-17-9-15-24-10-7-8-16-28(24)29)22-31-18-20-32(21-19-31)30(25-11-3-1-4-12-25)26-13-5-2-6-14-26/h1-8,10-14,16,27,29-30,33H,9,15,17-23H2/t27-,29+/m1/s1. The Hall–Kier alpha value is -2.50. The zero-order chi connectivity index (χ0) is 23.2. The molecule has 4 heteroatoms. The van der Waals surface area contributed by atoms with Gasteiger partial charge in [-0.2, -0.15) is 0 Å². The lowest BCUT2D eigenvalue weighted by Gasteiger charge is -2.40. The topological polar surface area (TPSA) is 35.9 Å². The molecule has 0 unspecified atom stereocenters. The highest BCUT2D eigenvalue weighted by molar-refractivity contribution is 5.32. The van der Waals surface area contributed by atoms with Crippen LogP contribution in [0.1, 0.15) is 47.2 Å². The maximum absolute atomic E-state index is 10.7. The summed E-state index contributed by atoms with van der Waals surface area (Å²) < 4.78 is 6.20. The van der Waals surface area contributed by atoms with Crippen molar-refractivity contribution >= 4 is 0 Å². The number of fused-ring (bicyclic) bond motifs is 1. The Balaban J connectivity index is 1.14. The number of hydrogen-bond donors (Lipinski definition) is 1. The van der Waals surface area contributed by atoms with Crippen molar-refractivity contribution in [2.24, 2.45) is 0 Å². The number of hydrogen-bond acceptors (Lipinski definition) is 4. The van der Waals surface area contributed by atoms with E-state index in [9.17, 15) is 5.11 Å². The molecule has 1 N–H and O–H groups in total. The van der Waals surface area contributed by atoms with Crippen molar-refractivity contribution in [3.63, 3.8) is 0 Å². The van der Waals surface area contributed by atoms with Crippen LogP contribution in [0.5, 0.6) is 0 Å². The van der Waals surface area contributed by atoms with E-state index in [0.29, 0.717) is 13.2 Å². The Bertz CT molecular complexity index is 979. The van der Waals surface area contributed by atoms with Crippen molar-refractivity contribution in [3.8, 4) is 0 Å². The van der Waals surface area contributed by atoms with Crippen LogP contribution in [-0.4, -0.2) is 60.3 Å². The van der Waals surface area contributed by atoms with Gasteiger partial charge in [0.1, 0.15) is 0 Å². The number of aliphatic hydroxyl groups is 1. The summed E-state index contributed by atoms with van der Waals surface area (Å²) in [4.78, 5) is 4.95. The first-order valence-electron chi connectivity index (χ1n) is 12.7. The molecule has 2 atom stereocenters. The first-order valence-corrected chi connectivity index (χ1v) is 12.7. The van der Waals surface area contributed by atoms with Gasteiger partial charge >= 0.3 is 0 Å². The zero-order valence-electron chi connectivity index (χ0n) is 19.9. The lowest BCUT2D eigenvalue weighted by atomic mass is 9.89. The summed E-state index contributed by atoms with van der Waals surface area (Å²) in [7, 11) is 0. The molecular weight excluding hydrogens is 420 g/mol. The van der Waals surface area contributed by atoms with Crippen LogP contribution >= 0.6 is 0 Å². The summed E-state index contributed by atoms with van der Waals surface area (Å²) in [6, 6.07) is 30.5. The van der Waals surface area contributed by atoms with Crippen LogP contribution < -0.4 is 0 Å². The molecule has 5 rings (SSSR count). The molecule has 0 amide bonds. The Labute approximate surface area is 203 Å². The first-order chi connectivity index (χ1) is 16.8. The van der Waals surface area contributed by atoms with Gasteiger partial charge in [-0.05, 0) is 41.5 Å². The van der Waals surface area contributed by atoms with Gasteiger partial charge in [0, 0.05) is 32.7 Å². The predicted molar refractivity (Wildman–Crippen MR) is 137 cm³/mol. The summed E-state index contributed by atoms with van der Waals surface area (Å²) in [5.41, 5.74) is 5.38. The lowest BCUT2D eigenvalue weighted by Crippen LogP contribution is -2.50. The van der Waals surface area contributed by atoms with Crippen LogP contribution in [0.2, 0.25) is 0 Å². The average molecular weight is 457 g/mol. The second-order valence-electron chi connectivity index (χ2n) is 9.63. The highest BCUT2D eigenvalue weighted by atomic mass is 16.5. The molecule has 1 fully saturated rings. The van der Waals surface area contributed by atoms with Gasteiger partial charge in [0.15, 0.2) is 0 Å². The molecule has 0 bridgehead atoms. The smallest absolute Gasteiger partial charge is 0.0900 e. The fourth-order valence-corrected chi connectivity index (χ4v) is 5.55. The van der Waals surface area contributed by atoms with E-state index in [1.165, 1.54) is 22.3 Å². The van der Waals surface area contributed by atoms with Gasteiger partial charge in [0.2, 0.25) is 0 Å². The molecule has 3 aromatic carbocycles. The Morgan fingerprint density at radius 3 is 2.09 bits per heavy atom. The van der Waals surface area contributed by atoms with Crippen molar-refractivity contribution in [3.05, 3.63) is 107 Å². The van der Waals surface area contributed by atoms with Crippen LogP contribution in [0.3, 0.4) is 0 Å². The molecule has 178 valence electrons. The number of β-amino-alcohol motifs (C(OH)–C–C–N with tert-alkyl or cyclic N) is 1. The number of piperazine rings is 1. The molecule has 1 aliphatic carbocycles. The minimum atomic E-state index is -0.459. The second kappa shape index (κ2) is 11.3. The third-order valence-corrected chi connectivity index (χ3v) is 7.28. The number of rotatable bonds is 8. The summed E-state index contributed by atoms with van der Waals surface area (Å²) >= 11 is 0. The van der Waals surface area contributed by atoms with E-state index < -0.39 is 6.10 Å². The van der Waals surface area contributed by atoms with E-state index in [1.54, 1.807) is 0 Å². The van der Waals surface area contributed by atoms with Crippen molar-refractivity contribution < 1.29 is 9.84 Å². The van der Waals surface area contributed by atoms with Gasteiger partial charge in [0.05, 0.1) is 24.9 Å². The van der Waals surface area contributed by atoms with Crippen LogP contribution in [0.4, 0.5) is 0 Å². The third kappa shape index (κ3) is 5.59. The molecular formula is C30H36N2O2. The largest absolute Gasteiger partial charge is 0.389 e. The molecule has 0 spiro atoms. The Morgan fingerprint density at radius 1 is 0.794 bits per heavy atom. The van der Waals surface area contributed by atoms with E-state index >= 15 is 0 Å². The molecule has 34 heavy (non-hydrogen) atoms. The number of aliphatic hydroxyl groups excluding tert-OH is 1. The maximum atomic E-state index is 10.7. The molecule has 1 aliphatic heterocycles. The molecule has 1 saturated heterocycles. The van der Waals surface area contributed by atoms with Crippen LogP contribution in [-0.2, 0) is 11.2 Å². The number of benzene rings is 3.